The number of hydrogen-bond donors (Lipinski definition) is 3. The number of primary amides is 1. The van der Waals surface area contributed by atoms with Crippen LogP contribution in [-0.4, -0.2) is 51.2 Å². The highest BCUT2D eigenvalue weighted by Crippen LogP contribution is 2.33. The molecule has 1 aromatic carbocycles. The van der Waals surface area contributed by atoms with Crippen LogP contribution >= 0.6 is 11.6 Å². The Kier molecular flexibility index (Phi) is 6.33. The highest BCUT2D eigenvalue weighted by molar-refractivity contribution is 6.33. The van der Waals surface area contributed by atoms with E-state index < -0.39 is 5.91 Å². The number of nitrogens with one attached hydrogen (secondary N) is 2. The summed E-state index contributed by atoms with van der Waals surface area (Å²) in [6, 6.07) is 7.41. The van der Waals surface area contributed by atoms with E-state index in [4.69, 9.17) is 22.1 Å². The van der Waals surface area contributed by atoms with Gasteiger partial charge in [-0.25, -0.2) is 4.98 Å². The Morgan fingerprint density at radius 1 is 1.25 bits per heavy atom. The molecule has 1 amide bonds. The van der Waals surface area contributed by atoms with Crippen molar-refractivity contribution >= 4 is 40.8 Å². The first kappa shape index (κ1) is 21.7. The first-order valence-corrected chi connectivity index (χ1v) is 10.5. The lowest BCUT2D eigenvalue weighted by atomic mass is 9.98. The van der Waals surface area contributed by atoms with Gasteiger partial charge in [-0.2, -0.15) is 4.98 Å². The molecule has 166 valence electrons. The molecule has 0 fully saturated rings. The number of nitrogens with zero attached hydrogens (tertiary/aromatic N) is 5. The van der Waals surface area contributed by atoms with E-state index in [1.807, 2.05) is 12.1 Å². The van der Waals surface area contributed by atoms with E-state index in [-0.39, 0.29) is 17.5 Å². The number of likely N-dealkylation sites (N-methyl/N-ethyl adjacent to an activating group) is 1. The van der Waals surface area contributed by atoms with Crippen LogP contribution in [0.2, 0.25) is 5.02 Å². The van der Waals surface area contributed by atoms with Gasteiger partial charge in [0.05, 0.1) is 17.8 Å². The average Bonchev–Trinajstić information content (AvgIpc) is 2.79. The summed E-state index contributed by atoms with van der Waals surface area (Å²) in [7, 11) is 1.61. The van der Waals surface area contributed by atoms with Gasteiger partial charge in [0, 0.05) is 19.3 Å². The Hall–Kier alpha value is -3.50. The highest BCUT2D eigenvalue weighted by Gasteiger charge is 2.20. The van der Waals surface area contributed by atoms with Crippen molar-refractivity contribution in [3.8, 4) is 5.75 Å². The SMILES string of the molecule is CCN1CCc2cc(OC)c(Nc3nnc(C(N)=O)c(Nc4ncccc4Cl)n3)cc2C1. The largest absolute Gasteiger partial charge is 0.495 e. The van der Waals surface area contributed by atoms with Crippen molar-refractivity contribution in [2.45, 2.75) is 19.9 Å². The molecule has 1 aliphatic heterocycles. The van der Waals surface area contributed by atoms with E-state index in [2.05, 4.69) is 42.6 Å². The summed E-state index contributed by atoms with van der Waals surface area (Å²) in [6.07, 6.45) is 2.52. The van der Waals surface area contributed by atoms with Crippen molar-refractivity contribution in [3.05, 3.63) is 52.3 Å². The van der Waals surface area contributed by atoms with Crippen LogP contribution in [-0.2, 0) is 13.0 Å². The molecule has 3 heterocycles. The molecule has 3 aromatic rings. The number of nitrogens with two attached hydrogens (primary N) is 1. The molecule has 0 saturated carbocycles. The average molecular weight is 455 g/mol. The molecular weight excluding hydrogens is 432 g/mol. The van der Waals surface area contributed by atoms with Gasteiger partial charge in [-0.05, 0) is 48.4 Å². The number of amides is 1. The molecule has 0 atom stereocenters. The molecule has 4 N–H and O–H groups in total. The van der Waals surface area contributed by atoms with Crippen LogP contribution in [0, 0.1) is 0 Å². The van der Waals surface area contributed by atoms with Crippen molar-refractivity contribution in [3.63, 3.8) is 0 Å². The topological polar surface area (TPSA) is 131 Å². The summed E-state index contributed by atoms with van der Waals surface area (Å²) >= 11 is 6.17. The van der Waals surface area contributed by atoms with E-state index in [1.165, 1.54) is 11.1 Å². The predicted octanol–water partition coefficient (Wildman–Crippen LogP) is 2.89. The fourth-order valence-electron chi connectivity index (χ4n) is 3.52. The third kappa shape index (κ3) is 4.56. The van der Waals surface area contributed by atoms with Crippen molar-refractivity contribution in [2.75, 3.05) is 30.8 Å². The number of hydrogen-bond acceptors (Lipinski definition) is 9. The third-order valence-corrected chi connectivity index (χ3v) is 5.53. The zero-order valence-corrected chi connectivity index (χ0v) is 18.5. The lowest BCUT2D eigenvalue weighted by molar-refractivity contribution is 0.0995. The zero-order valence-electron chi connectivity index (χ0n) is 17.7. The number of pyridine rings is 1. The maximum Gasteiger partial charge on any atom is 0.273 e. The second-order valence-electron chi connectivity index (χ2n) is 7.22. The van der Waals surface area contributed by atoms with Gasteiger partial charge in [0.25, 0.3) is 5.91 Å². The monoisotopic (exact) mass is 454 g/mol. The molecule has 0 unspecified atom stereocenters. The smallest absolute Gasteiger partial charge is 0.273 e. The Morgan fingerprint density at radius 2 is 2.09 bits per heavy atom. The highest BCUT2D eigenvalue weighted by atomic mass is 35.5. The Balaban J connectivity index is 1.67. The fraction of sp³-hybridized carbons (Fsp3) is 0.286. The van der Waals surface area contributed by atoms with Crippen LogP contribution in [0.3, 0.4) is 0 Å². The molecular formula is C21H23ClN8O2. The number of rotatable bonds is 7. The summed E-state index contributed by atoms with van der Waals surface area (Å²) in [4.78, 5) is 22.7. The molecule has 4 rings (SSSR count). The standard InChI is InChI=1S/C21H23ClN8O2/c1-3-30-8-6-12-10-16(32-2)15(9-13(12)11-30)25-21-27-20(17(18(23)31)28-29-21)26-19-14(22)5-4-7-24-19/h4-5,7,9-10H,3,6,8,11H2,1-2H3,(H2,23,31)(H2,24,25,26,27,29). The molecule has 0 aliphatic carbocycles. The maximum absolute atomic E-state index is 11.8. The zero-order chi connectivity index (χ0) is 22.7. The molecule has 0 saturated heterocycles. The Labute approximate surface area is 190 Å². The first-order valence-electron chi connectivity index (χ1n) is 10.1. The Bertz CT molecular complexity index is 1160. The molecule has 1 aliphatic rings. The third-order valence-electron chi connectivity index (χ3n) is 5.22. The van der Waals surface area contributed by atoms with Crippen molar-refractivity contribution in [2.24, 2.45) is 5.73 Å². The van der Waals surface area contributed by atoms with E-state index in [0.717, 1.165) is 26.1 Å². The van der Waals surface area contributed by atoms with E-state index in [1.54, 1.807) is 25.4 Å². The predicted molar refractivity (Wildman–Crippen MR) is 122 cm³/mol. The van der Waals surface area contributed by atoms with E-state index in [9.17, 15) is 4.79 Å². The fourth-order valence-corrected chi connectivity index (χ4v) is 3.69. The number of anilines is 4. The van der Waals surface area contributed by atoms with Gasteiger partial charge in [-0.1, -0.05) is 18.5 Å². The van der Waals surface area contributed by atoms with Crippen LogP contribution in [0.1, 0.15) is 28.5 Å². The van der Waals surface area contributed by atoms with Crippen LogP contribution < -0.4 is 21.1 Å². The maximum atomic E-state index is 11.8. The van der Waals surface area contributed by atoms with Gasteiger partial charge in [-0.3, -0.25) is 9.69 Å². The summed E-state index contributed by atoms with van der Waals surface area (Å²) < 4.78 is 5.57. The van der Waals surface area contributed by atoms with Gasteiger partial charge < -0.3 is 21.1 Å². The number of methoxy groups -OCH3 is 1. The van der Waals surface area contributed by atoms with Crippen molar-refractivity contribution in [1.29, 1.82) is 0 Å². The van der Waals surface area contributed by atoms with E-state index in [0.29, 0.717) is 22.3 Å². The molecule has 11 heteroatoms. The van der Waals surface area contributed by atoms with Crippen LogP contribution in [0.4, 0.5) is 23.3 Å². The number of benzene rings is 1. The molecule has 2 aromatic heterocycles. The minimum absolute atomic E-state index is 0.0877. The Morgan fingerprint density at radius 3 is 2.81 bits per heavy atom. The number of carbonyl (C=O) groups excluding carboxylic acids is 1. The van der Waals surface area contributed by atoms with E-state index >= 15 is 0 Å². The second kappa shape index (κ2) is 9.33. The number of fused-ring (bicyclic) bond motifs is 1. The summed E-state index contributed by atoms with van der Waals surface area (Å²) in [5.74, 6) is 0.445. The van der Waals surface area contributed by atoms with Gasteiger partial charge in [0.15, 0.2) is 11.5 Å². The minimum atomic E-state index is -0.780. The normalized spacial score (nSPS) is 13.3. The summed E-state index contributed by atoms with van der Waals surface area (Å²) in [5, 5.41) is 14.3. The van der Waals surface area contributed by atoms with Crippen molar-refractivity contribution in [1.82, 2.24) is 25.1 Å². The number of halogens is 1. The number of carbonyl (C=O) groups is 1. The lowest BCUT2D eigenvalue weighted by Gasteiger charge is -2.28. The second-order valence-corrected chi connectivity index (χ2v) is 7.63. The van der Waals surface area contributed by atoms with Gasteiger partial charge in [0.2, 0.25) is 5.95 Å². The number of aromatic nitrogens is 4. The van der Waals surface area contributed by atoms with Crippen molar-refractivity contribution < 1.29 is 9.53 Å². The number of ether oxygens (including phenoxy) is 1. The van der Waals surface area contributed by atoms with Crippen LogP contribution in [0.25, 0.3) is 0 Å². The molecule has 10 nitrogen and oxygen atoms in total. The van der Waals surface area contributed by atoms with Gasteiger partial charge in [-0.15, -0.1) is 10.2 Å². The van der Waals surface area contributed by atoms with Gasteiger partial charge in [0.1, 0.15) is 11.6 Å². The molecule has 0 bridgehead atoms. The van der Waals surface area contributed by atoms with Gasteiger partial charge >= 0.3 is 0 Å². The minimum Gasteiger partial charge on any atom is -0.495 e. The summed E-state index contributed by atoms with van der Waals surface area (Å²) in [6.45, 7) is 5.01. The molecule has 0 spiro atoms. The first-order chi connectivity index (χ1) is 15.5. The lowest BCUT2D eigenvalue weighted by Crippen LogP contribution is -2.30. The van der Waals surface area contributed by atoms with Crippen LogP contribution in [0.5, 0.6) is 5.75 Å². The van der Waals surface area contributed by atoms with Crippen LogP contribution in [0.15, 0.2) is 30.5 Å². The molecule has 0 radical (unpaired) electrons. The molecule has 32 heavy (non-hydrogen) atoms. The quantitative estimate of drug-likeness (QED) is 0.493. The summed E-state index contributed by atoms with van der Waals surface area (Å²) in [5.41, 5.74) is 8.47.